The van der Waals surface area contributed by atoms with E-state index in [0.717, 1.165) is 25.2 Å². The van der Waals surface area contributed by atoms with Crippen LogP contribution in [0.2, 0.25) is 5.02 Å². The van der Waals surface area contributed by atoms with E-state index in [1.54, 1.807) is 12.1 Å². The highest BCUT2D eigenvalue weighted by molar-refractivity contribution is 6.31. The van der Waals surface area contributed by atoms with E-state index < -0.39 is 0 Å². The van der Waals surface area contributed by atoms with E-state index in [9.17, 15) is 4.79 Å². The molecule has 0 aliphatic carbocycles. The minimum atomic E-state index is -0.0195. The van der Waals surface area contributed by atoms with Crippen LogP contribution in [0.5, 0.6) is 0 Å². The van der Waals surface area contributed by atoms with E-state index >= 15 is 0 Å². The van der Waals surface area contributed by atoms with Crippen LogP contribution in [0.3, 0.4) is 0 Å². The number of hydrogen-bond acceptors (Lipinski definition) is 2. The number of amides is 1. The summed E-state index contributed by atoms with van der Waals surface area (Å²) in [5, 5.41) is 3.65. The highest BCUT2D eigenvalue weighted by Crippen LogP contribution is 2.16. The molecule has 0 aromatic heterocycles. The Kier molecular flexibility index (Phi) is 4.61. The molecule has 1 aliphatic heterocycles. The lowest BCUT2D eigenvalue weighted by molar-refractivity contribution is 0.0949. The van der Waals surface area contributed by atoms with Gasteiger partial charge in [0.1, 0.15) is 0 Å². The van der Waals surface area contributed by atoms with Crippen molar-refractivity contribution in [2.24, 2.45) is 0 Å². The SMILES string of the molecule is Cc1cc(C(=O)NCCN2CCCC2)ccc1Cl. The number of hydrogen-bond donors (Lipinski definition) is 1. The summed E-state index contributed by atoms with van der Waals surface area (Å²) >= 11 is 5.94. The lowest BCUT2D eigenvalue weighted by Gasteiger charge is -2.14. The zero-order valence-electron chi connectivity index (χ0n) is 10.7. The second-order valence-corrected chi connectivity index (χ2v) is 5.18. The highest BCUT2D eigenvalue weighted by atomic mass is 35.5. The molecule has 98 valence electrons. The molecule has 2 rings (SSSR count). The van der Waals surface area contributed by atoms with Crippen molar-refractivity contribution in [3.05, 3.63) is 34.3 Å². The molecule has 4 heteroatoms. The largest absolute Gasteiger partial charge is 0.351 e. The number of benzene rings is 1. The molecule has 0 unspecified atom stereocenters. The average molecular weight is 267 g/mol. The summed E-state index contributed by atoms with van der Waals surface area (Å²) in [6.45, 7) is 5.88. The molecule has 0 atom stereocenters. The number of halogens is 1. The van der Waals surface area contributed by atoms with E-state index in [-0.39, 0.29) is 5.91 Å². The molecule has 1 heterocycles. The Morgan fingerprint density at radius 1 is 1.39 bits per heavy atom. The van der Waals surface area contributed by atoms with Crippen molar-refractivity contribution in [1.82, 2.24) is 10.2 Å². The highest BCUT2D eigenvalue weighted by Gasteiger charge is 2.11. The summed E-state index contributed by atoms with van der Waals surface area (Å²) in [5.74, 6) is -0.0195. The Hall–Kier alpha value is -1.06. The van der Waals surface area contributed by atoms with Crippen LogP contribution >= 0.6 is 11.6 Å². The van der Waals surface area contributed by atoms with Crippen molar-refractivity contribution in [3.8, 4) is 0 Å². The van der Waals surface area contributed by atoms with Gasteiger partial charge >= 0.3 is 0 Å². The molecule has 1 fully saturated rings. The van der Waals surface area contributed by atoms with E-state index in [1.807, 2.05) is 13.0 Å². The molecule has 1 saturated heterocycles. The molecule has 0 spiro atoms. The molecular weight excluding hydrogens is 248 g/mol. The fourth-order valence-electron chi connectivity index (χ4n) is 2.22. The summed E-state index contributed by atoms with van der Waals surface area (Å²) in [6.07, 6.45) is 2.56. The van der Waals surface area contributed by atoms with Crippen molar-refractivity contribution in [2.45, 2.75) is 19.8 Å². The first-order valence-electron chi connectivity index (χ1n) is 6.43. The van der Waals surface area contributed by atoms with Crippen molar-refractivity contribution in [2.75, 3.05) is 26.2 Å². The zero-order chi connectivity index (χ0) is 13.0. The molecule has 3 nitrogen and oxygen atoms in total. The first kappa shape index (κ1) is 13.4. The van der Waals surface area contributed by atoms with Gasteiger partial charge in [0.05, 0.1) is 0 Å². The number of carbonyl (C=O) groups is 1. The van der Waals surface area contributed by atoms with Gasteiger partial charge in [-0.1, -0.05) is 11.6 Å². The number of carbonyl (C=O) groups excluding carboxylic acids is 1. The number of rotatable bonds is 4. The standard InChI is InChI=1S/C14H19ClN2O/c1-11-10-12(4-5-13(11)15)14(18)16-6-9-17-7-2-3-8-17/h4-5,10H,2-3,6-9H2,1H3,(H,16,18). The Bertz CT molecular complexity index is 428. The first-order valence-corrected chi connectivity index (χ1v) is 6.81. The Labute approximate surface area is 113 Å². The van der Waals surface area contributed by atoms with Crippen molar-refractivity contribution in [1.29, 1.82) is 0 Å². The minimum absolute atomic E-state index is 0.0195. The van der Waals surface area contributed by atoms with Crippen molar-refractivity contribution in [3.63, 3.8) is 0 Å². The summed E-state index contributed by atoms with van der Waals surface area (Å²) < 4.78 is 0. The van der Waals surface area contributed by atoms with Crippen LogP contribution in [0.25, 0.3) is 0 Å². The van der Waals surface area contributed by atoms with Crippen LogP contribution < -0.4 is 5.32 Å². The molecular formula is C14H19ClN2O. The predicted molar refractivity (Wildman–Crippen MR) is 74.2 cm³/mol. The zero-order valence-corrected chi connectivity index (χ0v) is 11.5. The van der Waals surface area contributed by atoms with Gasteiger partial charge in [-0.05, 0) is 56.6 Å². The fourth-order valence-corrected chi connectivity index (χ4v) is 2.34. The lowest BCUT2D eigenvalue weighted by atomic mass is 10.1. The van der Waals surface area contributed by atoms with Gasteiger partial charge in [0.2, 0.25) is 0 Å². The third-order valence-corrected chi connectivity index (χ3v) is 3.76. The van der Waals surface area contributed by atoms with Crippen LogP contribution in [0.4, 0.5) is 0 Å². The molecule has 0 radical (unpaired) electrons. The molecule has 18 heavy (non-hydrogen) atoms. The number of likely N-dealkylation sites (tertiary alicyclic amines) is 1. The monoisotopic (exact) mass is 266 g/mol. The number of nitrogens with zero attached hydrogens (tertiary/aromatic N) is 1. The molecule has 1 amide bonds. The van der Waals surface area contributed by atoms with Gasteiger partial charge in [0.15, 0.2) is 0 Å². The molecule has 1 aromatic rings. The fraction of sp³-hybridized carbons (Fsp3) is 0.500. The lowest BCUT2D eigenvalue weighted by Crippen LogP contribution is -2.33. The number of nitrogens with one attached hydrogen (secondary N) is 1. The third-order valence-electron chi connectivity index (χ3n) is 3.33. The van der Waals surface area contributed by atoms with Gasteiger partial charge in [0.25, 0.3) is 5.91 Å². The maximum Gasteiger partial charge on any atom is 0.251 e. The smallest absolute Gasteiger partial charge is 0.251 e. The number of aryl methyl sites for hydroxylation is 1. The van der Waals surface area contributed by atoms with Gasteiger partial charge in [-0.2, -0.15) is 0 Å². The van der Waals surface area contributed by atoms with Gasteiger partial charge in [-0.15, -0.1) is 0 Å². The molecule has 1 aliphatic rings. The molecule has 0 bridgehead atoms. The molecule has 1 aromatic carbocycles. The van der Waals surface area contributed by atoms with E-state index in [2.05, 4.69) is 10.2 Å². The van der Waals surface area contributed by atoms with Crippen LogP contribution in [0.15, 0.2) is 18.2 Å². The second-order valence-electron chi connectivity index (χ2n) is 4.77. The predicted octanol–water partition coefficient (Wildman–Crippen LogP) is 2.47. The van der Waals surface area contributed by atoms with Crippen molar-refractivity contribution < 1.29 is 4.79 Å². The summed E-state index contributed by atoms with van der Waals surface area (Å²) in [7, 11) is 0. The third kappa shape index (κ3) is 3.47. The second kappa shape index (κ2) is 6.21. The van der Waals surface area contributed by atoms with E-state index in [1.165, 1.54) is 12.8 Å². The topological polar surface area (TPSA) is 32.3 Å². The first-order chi connectivity index (χ1) is 8.66. The summed E-state index contributed by atoms with van der Waals surface area (Å²) in [6, 6.07) is 5.36. The van der Waals surface area contributed by atoms with Gasteiger partial charge in [0, 0.05) is 23.7 Å². The maximum atomic E-state index is 11.9. The van der Waals surface area contributed by atoms with Gasteiger partial charge in [-0.3, -0.25) is 4.79 Å². The quantitative estimate of drug-likeness (QED) is 0.908. The summed E-state index contributed by atoms with van der Waals surface area (Å²) in [5.41, 5.74) is 1.61. The average Bonchev–Trinajstić information content (AvgIpc) is 2.85. The van der Waals surface area contributed by atoms with Crippen LogP contribution in [-0.2, 0) is 0 Å². The normalized spacial score (nSPS) is 15.9. The summed E-state index contributed by atoms with van der Waals surface area (Å²) in [4.78, 5) is 14.3. The Morgan fingerprint density at radius 3 is 2.78 bits per heavy atom. The van der Waals surface area contributed by atoms with Gasteiger partial charge < -0.3 is 10.2 Å². The van der Waals surface area contributed by atoms with Crippen LogP contribution in [-0.4, -0.2) is 37.0 Å². The Morgan fingerprint density at radius 2 is 2.11 bits per heavy atom. The van der Waals surface area contributed by atoms with Gasteiger partial charge in [-0.25, -0.2) is 0 Å². The van der Waals surface area contributed by atoms with E-state index in [4.69, 9.17) is 11.6 Å². The van der Waals surface area contributed by atoms with Crippen LogP contribution in [0.1, 0.15) is 28.8 Å². The molecule has 1 N–H and O–H groups in total. The minimum Gasteiger partial charge on any atom is -0.351 e. The van der Waals surface area contributed by atoms with Crippen LogP contribution in [0, 0.1) is 6.92 Å². The Balaban J connectivity index is 1.81. The molecule has 0 saturated carbocycles. The maximum absolute atomic E-state index is 11.9. The van der Waals surface area contributed by atoms with E-state index in [0.29, 0.717) is 17.1 Å². The van der Waals surface area contributed by atoms with Crippen molar-refractivity contribution >= 4 is 17.5 Å².